The Morgan fingerprint density at radius 3 is 2.45 bits per heavy atom. The van der Waals surface area contributed by atoms with Crippen molar-refractivity contribution < 1.29 is 0 Å². The van der Waals surface area contributed by atoms with E-state index in [4.69, 9.17) is 0 Å². The first-order valence-corrected chi connectivity index (χ1v) is 8.09. The molecular weight excluding hydrogens is 244 g/mol. The molecule has 2 unspecified atom stereocenters. The summed E-state index contributed by atoms with van der Waals surface area (Å²) in [5.41, 5.74) is 4.17. The normalized spacial score (nSPS) is 19.2. The molecule has 2 nitrogen and oxygen atoms in total. The Kier molecular flexibility index (Phi) is 5.62. The summed E-state index contributed by atoms with van der Waals surface area (Å²) in [6.07, 6.45) is 2.78. The van der Waals surface area contributed by atoms with E-state index in [1.165, 1.54) is 49.2 Å². The lowest BCUT2D eigenvalue weighted by Crippen LogP contribution is -2.32. The lowest BCUT2D eigenvalue weighted by atomic mass is 10.0. The minimum Gasteiger partial charge on any atom is -0.310 e. The molecule has 0 bridgehead atoms. The van der Waals surface area contributed by atoms with Crippen LogP contribution < -0.4 is 5.32 Å². The van der Waals surface area contributed by atoms with Gasteiger partial charge in [0.25, 0.3) is 0 Å². The van der Waals surface area contributed by atoms with Crippen LogP contribution in [-0.2, 0) is 0 Å². The van der Waals surface area contributed by atoms with Crippen LogP contribution in [0.3, 0.4) is 0 Å². The highest BCUT2D eigenvalue weighted by Gasteiger charge is 2.15. The maximum atomic E-state index is 3.69. The third-order valence-corrected chi connectivity index (χ3v) is 4.57. The highest BCUT2D eigenvalue weighted by atomic mass is 15.1. The fourth-order valence-corrected chi connectivity index (χ4v) is 3.00. The molecule has 0 aromatic heterocycles. The quantitative estimate of drug-likeness (QED) is 0.851. The minimum atomic E-state index is 0.440. The van der Waals surface area contributed by atoms with Gasteiger partial charge in [-0.25, -0.2) is 0 Å². The predicted molar refractivity (Wildman–Crippen MR) is 87.2 cm³/mol. The lowest BCUT2D eigenvalue weighted by molar-refractivity contribution is 0.279. The first-order chi connectivity index (χ1) is 9.56. The average Bonchev–Trinajstić information content (AvgIpc) is 2.92. The zero-order valence-electron chi connectivity index (χ0n) is 13.6. The van der Waals surface area contributed by atoms with Crippen molar-refractivity contribution in [3.8, 4) is 0 Å². The largest absolute Gasteiger partial charge is 0.310 e. The number of nitrogens with one attached hydrogen (secondary N) is 1. The van der Waals surface area contributed by atoms with Crippen LogP contribution in [-0.4, -0.2) is 31.1 Å². The van der Waals surface area contributed by atoms with Crippen molar-refractivity contribution in [2.24, 2.45) is 5.92 Å². The van der Waals surface area contributed by atoms with E-state index >= 15 is 0 Å². The molecule has 0 saturated carbocycles. The van der Waals surface area contributed by atoms with Gasteiger partial charge in [0.15, 0.2) is 0 Å². The van der Waals surface area contributed by atoms with E-state index < -0.39 is 0 Å². The van der Waals surface area contributed by atoms with Crippen LogP contribution in [0, 0.1) is 19.8 Å². The standard InChI is InChI=1S/C18H30N2/c1-14(13-20-9-5-6-10-20)12-19-17(4)18-8-7-15(2)16(3)11-18/h7-8,11,14,17,19H,5-6,9-10,12-13H2,1-4H3. The van der Waals surface area contributed by atoms with Crippen LogP contribution in [0.2, 0.25) is 0 Å². The number of benzene rings is 1. The van der Waals surface area contributed by atoms with Gasteiger partial charge in [-0.05, 0) is 75.9 Å². The maximum absolute atomic E-state index is 3.69. The van der Waals surface area contributed by atoms with E-state index in [9.17, 15) is 0 Å². The third-order valence-electron chi connectivity index (χ3n) is 4.57. The topological polar surface area (TPSA) is 15.3 Å². The molecule has 1 aliphatic rings. The van der Waals surface area contributed by atoms with Crippen LogP contribution >= 0.6 is 0 Å². The van der Waals surface area contributed by atoms with Gasteiger partial charge in [0.1, 0.15) is 0 Å². The molecule has 2 atom stereocenters. The van der Waals surface area contributed by atoms with Gasteiger partial charge < -0.3 is 10.2 Å². The van der Waals surface area contributed by atoms with E-state index in [1.54, 1.807) is 0 Å². The van der Waals surface area contributed by atoms with E-state index in [0.29, 0.717) is 6.04 Å². The van der Waals surface area contributed by atoms with Gasteiger partial charge >= 0.3 is 0 Å². The van der Waals surface area contributed by atoms with Gasteiger partial charge in [-0.15, -0.1) is 0 Å². The summed E-state index contributed by atoms with van der Waals surface area (Å²) in [4.78, 5) is 2.60. The lowest BCUT2D eigenvalue weighted by Gasteiger charge is -2.23. The highest BCUT2D eigenvalue weighted by molar-refractivity contribution is 5.31. The molecule has 1 aliphatic heterocycles. The van der Waals surface area contributed by atoms with Gasteiger partial charge in [-0.3, -0.25) is 0 Å². The fourth-order valence-electron chi connectivity index (χ4n) is 3.00. The predicted octanol–water partition coefficient (Wildman–Crippen LogP) is 3.69. The van der Waals surface area contributed by atoms with Gasteiger partial charge in [0.05, 0.1) is 0 Å². The van der Waals surface area contributed by atoms with Crippen LogP contribution in [0.15, 0.2) is 18.2 Å². The molecular formula is C18H30N2. The number of rotatable bonds is 6. The number of nitrogens with zero attached hydrogens (tertiary/aromatic N) is 1. The number of hydrogen-bond donors (Lipinski definition) is 1. The van der Waals surface area contributed by atoms with Crippen molar-refractivity contribution >= 4 is 0 Å². The van der Waals surface area contributed by atoms with Gasteiger partial charge in [-0.2, -0.15) is 0 Å². The molecule has 1 aromatic rings. The second kappa shape index (κ2) is 7.24. The van der Waals surface area contributed by atoms with Crippen LogP contribution in [0.25, 0.3) is 0 Å². The maximum Gasteiger partial charge on any atom is 0.0292 e. The van der Waals surface area contributed by atoms with Gasteiger partial charge in [0, 0.05) is 12.6 Å². The average molecular weight is 274 g/mol. The SMILES string of the molecule is Cc1ccc(C(C)NCC(C)CN2CCCC2)cc1C. The first-order valence-electron chi connectivity index (χ1n) is 8.09. The molecule has 1 saturated heterocycles. The van der Waals surface area contributed by atoms with Crippen LogP contribution in [0.4, 0.5) is 0 Å². The van der Waals surface area contributed by atoms with Gasteiger partial charge in [-0.1, -0.05) is 25.1 Å². The fraction of sp³-hybridized carbons (Fsp3) is 0.667. The summed E-state index contributed by atoms with van der Waals surface area (Å²) in [7, 11) is 0. The second-order valence-corrected chi connectivity index (χ2v) is 6.59. The zero-order chi connectivity index (χ0) is 14.5. The van der Waals surface area contributed by atoms with Crippen molar-refractivity contribution in [3.63, 3.8) is 0 Å². The van der Waals surface area contributed by atoms with Crippen molar-refractivity contribution in [2.75, 3.05) is 26.2 Å². The molecule has 1 N–H and O–H groups in total. The summed E-state index contributed by atoms with van der Waals surface area (Å²) in [5.74, 6) is 0.724. The molecule has 1 fully saturated rings. The Hall–Kier alpha value is -0.860. The van der Waals surface area contributed by atoms with Crippen LogP contribution in [0.1, 0.15) is 49.4 Å². The summed E-state index contributed by atoms with van der Waals surface area (Å²) >= 11 is 0. The summed E-state index contributed by atoms with van der Waals surface area (Å²) in [5, 5.41) is 3.69. The number of likely N-dealkylation sites (tertiary alicyclic amines) is 1. The minimum absolute atomic E-state index is 0.440. The monoisotopic (exact) mass is 274 g/mol. The van der Waals surface area contributed by atoms with Gasteiger partial charge in [0.2, 0.25) is 0 Å². The third kappa shape index (κ3) is 4.32. The Labute approximate surface area is 124 Å². The van der Waals surface area contributed by atoms with E-state index in [2.05, 4.69) is 56.1 Å². The Balaban J connectivity index is 1.78. The van der Waals surface area contributed by atoms with Crippen molar-refractivity contribution in [1.82, 2.24) is 10.2 Å². The molecule has 0 aliphatic carbocycles. The smallest absolute Gasteiger partial charge is 0.0292 e. The molecule has 1 aromatic carbocycles. The molecule has 2 rings (SSSR count). The summed E-state index contributed by atoms with van der Waals surface area (Å²) in [6, 6.07) is 7.25. The molecule has 2 heteroatoms. The van der Waals surface area contributed by atoms with E-state index in [-0.39, 0.29) is 0 Å². The van der Waals surface area contributed by atoms with E-state index in [1.807, 2.05) is 0 Å². The molecule has 1 heterocycles. The molecule has 0 amide bonds. The Morgan fingerprint density at radius 1 is 1.10 bits per heavy atom. The number of aryl methyl sites for hydroxylation is 2. The Morgan fingerprint density at radius 2 is 1.80 bits per heavy atom. The second-order valence-electron chi connectivity index (χ2n) is 6.59. The Bertz CT molecular complexity index is 421. The van der Waals surface area contributed by atoms with Crippen molar-refractivity contribution in [1.29, 1.82) is 0 Å². The zero-order valence-corrected chi connectivity index (χ0v) is 13.6. The van der Waals surface area contributed by atoms with E-state index in [0.717, 1.165) is 12.5 Å². The first kappa shape index (κ1) is 15.5. The molecule has 0 radical (unpaired) electrons. The molecule has 0 spiro atoms. The summed E-state index contributed by atoms with van der Waals surface area (Å²) in [6.45, 7) is 14.0. The highest BCUT2D eigenvalue weighted by Crippen LogP contribution is 2.17. The molecule has 112 valence electrons. The van der Waals surface area contributed by atoms with Crippen LogP contribution in [0.5, 0.6) is 0 Å². The van der Waals surface area contributed by atoms with Crippen molar-refractivity contribution in [3.05, 3.63) is 34.9 Å². The molecule has 20 heavy (non-hydrogen) atoms. The number of hydrogen-bond acceptors (Lipinski definition) is 2. The summed E-state index contributed by atoms with van der Waals surface area (Å²) < 4.78 is 0. The van der Waals surface area contributed by atoms with Crippen molar-refractivity contribution in [2.45, 2.75) is 46.6 Å².